The molecule has 0 radical (unpaired) electrons. The number of ketones is 1. The molecule has 2 aromatic rings. The Morgan fingerprint density at radius 2 is 1.81 bits per heavy atom. The van der Waals surface area contributed by atoms with E-state index in [1.165, 1.54) is 12.1 Å². The molecule has 2 aromatic carbocycles. The summed E-state index contributed by atoms with van der Waals surface area (Å²) < 4.78 is 23.7. The highest BCUT2D eigenvalue weighted by molar-refractivity contribution is 6.03. The quantitative estimate of drug-likeness (QED) is 0.865. The molecule has 21 heavy (non-hydrogen) atoms. The Morgan fingerprint density at radius 1 is 1.10 bits per heavy atom. The molecule has 0 saturated heterocycles. The van der Waals surface area contributed by atoms with Gasteiger partial charge in [0.05, 0.1) is 14.2 Å². The summed E-state index contributed by atoms with van der Waals surface area (Å²) in [6, 6.07) is 9.76. The van der Waals surface area contributed by atoms with E-state index >= 15 is 0 Å². The molecule has 0 saturated carbocycles. The number of carbonyl (C=O) groups excluding carboxylic acids is 1. The van der Waals surface area contributed by atoms with Crippen LogP contribution in [0.2, 0.25) is 0 Å². The number of carbonyl (C=O) groups is 1. The molecule has 1 aliphatic carbocycles. The molecular formula is C17H15FO3. The van der Waals surface area contributed by atoms with Crippen molar-refractivity contribution in [3.63, 3.8) is 0 Å². The maximum absolute atomic E-state index is 13.1. The van der Waals surface area contributed by atoms with Crippen LogP contribution < -0.4 is 9.47 Å². The van der Waals surface area contributed by atoms with E-state index in [0.717, 1.165) is 11.1 Å². The van der Waals surface area contributed by atoms with E-state index in [4.69, 9.17) is 9.47 Å². The lowest BCUT2D eigenvalue weighted by atomic mass is 9.92. The molecule has 0 amide bonds. The van der Waals surface area contributed by atoms with Gasteiger partial charge in [-0.05, 0) is 23.8 Å². The predicted octanol–water partition coefficient (Wildman–Crippen LogP) is 3.56. The molecule has 0 bridgehead atoms. The third kappa shape index (κ3) is 2.27. The van der Waals surface area contributed by atoms with Gasteiger partial charge in [-0.15, -0.1) is 0 Å². The van der Waals surface area contributed by atoms with Crippen LogP contribution in [0.5, 0.6) is 11.5 Å². The van der Waals surface area contributed by atoms with Gasteiger partial charge in [0, 0.05) is 29.5 Å². The summed E-state index contributed by atoms with van der Waals surface area (Å²) in [7, 11) is 3.12. The van der Waals surface area contributed by atoms with E-state index < -0.39 is 0 Å². The van der Waals surface area contributed by atoms with E-state index in [1.54, 1.807) is 38.5 Å². The summed E-state index contributed by atoms with van der Waals surface area (Å²) in [6.07, 6.45) is 0.366. The number of benzene rings is 2. The molecule has 1 atom stereocenters. The van der Waals surface area contributed by atoms with Crippen molar-refractivity contribution in [2.45, 2.75) is 12.3 Å². The number of ether oxygens (including phenoxy) is 2. The standard InChI is InChI=1S/C17H15FO3/c1-20-12-7-14-15(19)9-13(17(14)16(8-12)21-2)10-3-5-11(18)6-4-10/h3-8,13H,9H2,1-2H3. The Hall–Kier alpha value is -2.36. The Morgan fingerprint density at radius 3 is 2.43 bits per heavy atom. The highest BCUT2D eigenvalue weighted by Crippen LogP contribution is 2.45. The van der Waals surface area contributed by atoms with Gasteiger partial charge in [-0.1, -0.05) is 12.1 Å². The van der Waals surface area contributed by atoms with Gasteiger partial charge in [-0.25, -0.2) is 4.39 Å². The molecule has 3 nitrogen and oxygen atoms in total. The largest absolute Gasteiger partial charge is 0.497 e. The van der Waals surface area contributed by atoms with Gasteiger partial charge in [-0.3, -0.25) is 4.79 Å². The second-order valence-corrected chi connectivity index (χ2v) is 5.02. The molecule has 0 spiro atoms. The first kappa shape index (κ1) is 13.6. The Bertz CT molecular complexity index is 692. The van der Waals surface area contributed by atoms with Crippen molar-refractivity contribution in [2.24, 2.45) is 0 Å². The van der Waals surface area contributed by atoms with Gasteiger partial charge < -0.3 is 9.47 Å². The zero-order chi connectivity index (χ0) is 15.0. The molecule has 0 aromatic heterocycles. The van der Waals surface area contributed by atoms with Crippen LogP contribution in [0.3, 0.4) is 0 Å². The molecular weight excluding hydrogens is 271 g/mol. The minimum absolute atomic E-state index is 0.0523. The van der Waals surface area contributed by atoms with Crippen LogP contribution in [-0.2, 0) is 0 Å². The van der Waals surface area contributed by atoms with E-state index in [9.17, 15) is 9.18 Å². The SMILES string of the molecule is COc1cc(OC)c2c(c1)C(=O)CC2c1ccc(F)cc1. The predicted molar refractivity (Wildman–Crippen MR) is 76.7 cm³/mol. The third-order valence-corrected chi connectivity index (χ3v) is 3.88. The van der Waals surface area contributed by atoms with E-state index in [-0.39, 0.29) is 17.5 Å². The molecule has 4 heteroatoms. The summed E-state index contributed by atoms with van der Waals surface area (Å²) in [5.74, 6) is 0.888. The Kier molecular flexibility index (Phi) is 3.37. The van der Waals surface area contributed by atoms with Crippen LogP contribution in [0.4, 0.5) is 4.39 Å². The van der Waals surface area contributed by atoms with Crippen LogP contribution in [-0.4, -0.2) is 20.0 Å². The molecule has 0 fully saturated rings. The van der Waals surface area contributed by atoms with Crippen LogP contribution in [0.15, 0.2) is 36.4 Å². The maximum atomic E-state index is 13.1. The monoisotopic (exact) mass is 286 g/mol. The summed E-state index contributed by atoms with van der Waals surface area (Å²) in [5, 5.41) is 0. The first-order valence-electron chi connectivity index (χ1n) is 6.68. The average molecular weight is 286 g/mol. The van der Waals surface area contributed by atoms with Crippen LogP contribution >= 0.6 is 0 Å². The number of halogens is 1. The van der Waals surface area contributed by atoms with E-state index in [0.29, 0.717) is 23.5 Å². The van der Waals surface area contributed by atoms with Gasteiger partial charge in [0.25, 0.3) is 0 Å². The van der Waals surface area contributed by atoms with Gasteiger partial charge in [0.1, 0.15) is 17.3 Å². The summed E-state index contributed by atoms with van der Waals surface area (Å²) in [4.78, 5) is 12.3. The Balaban J connectivity index is 2.14. The number of fused-ring (bicyclic) bond motifs is 1. The zero-order valence-electron chi connectivity index (χ0n) is 11.9. The number of rotatable bonds is 3. The van der Waals surface area contributed by atoms with Gasteiger partial charge in [-0.2, -0.15) is 0 Å². The second-order valence-electron chi connectivity index (χ2n) is 5.02. The second kappa shape index (κ2) is 5.20. The fourth-order valence-electron chi connectivity index (χ4n) is 2.86. The van der Waals surface area contributed by atoms with Gasteiger partial charge >= 0.3 is 0 Å². The molecule has 1 aliphatic rings. The number of hydrogen-bond acceptors (Lipinski definition) is 3. The first-order valence-corrected chi connectivity index (χ1v) is 6.68. The lowest BCUT2D eigenvalue weighted by Gasteiger charge is -2.16. The Labute approximate surface area is 122 Å². The van der Waals surface area contributed by atoms with Crippen molar-refractivity contribution >= 4 is 5.78 Å². The molecule has 3 rings (SSSR count). The fraction of sp³-hybridized carbons (Fsp3) is 0.235. The lowest BCUT2D eigenvalue weighted by Crippen LogP contribution is -2.00. The molecule has 0 heterocycles. The van der Waals surface area contributed by atoms with Crippen molar-refractivity contribution in [3.05, 3.63) is 58.9 Å². The van der Waals surface area contributed by atoms with E-state index in [2.05, 4.69) is 0 Å². The third-order valence-electron chi connectivity index (χ3n) is 3.88. The highest BCUT2D eigenvalue weighted by atomic mass is 19.1. The highest BCUT2D eigenvalue weighted by Gasteiger charge is 2.34. The lowest BCUT2D eigenvalue weighted by molar-refractivity contribution is 0.0991. The molecule has 1 unspecified atom stereocenters. The topological polar surface area (TPSA) is 35.5 Å². The summed E-state index contributed by atoms with van der Waals surface area (Å²) in [6.45, 7) is 0. The smallest absolute Gasteiger partial charge is 0.164 e. The first-order chi connectivity index (χ1) is 10.1. The average Bonchev–Trinajstić information content (AvgIpc) is 2.84. The molecule has 0 N–H and O–H groups in total. The molecule has 0 aliphatic heterocycles. The number of hydrogen-bond donors (Lipinski definition) is 0. The number of Topliss-reactive ketones (excluding diaryl/α,β-unsaturated/α-hetero) is 1. The maximum Gasteiger partial charge on any atom is 0.164 e. The van der Waals surface area contributed by atoms with Crippen LogP contribution in [0.1, 0.15) is 33.8 Å². The van der Waals surface area contributed by atoms with Crippen LogP contribution in [0, 0.1) is 5.82 Å². The minimum atomic E-state index is -0.287. The normalized spacial score (nSPS) is 16.7. The van der Waals surface area contributed by atoms with Gasteiger partial charge in [0.2, 0.25) is 0 Å². The van der Waals surface area contributed by atoms with Crippen molar-refractivity contribution in [1.82, 2.24) is 0 Å². The number of methoxy groups -OCH3 is 2. The fourth-order valence-corrected chi connectivity index (χ4v) is 2.86. The summed E-state index contributed by atoms with van der Waals surface area (Å²) in [5.41, 5.74) is 2.39. The summed E-state index contributed by atoms with van der Waals surface area (Å²) >= 11 is 0. The van der Waals surface area contributed by atoms with Gasteiger partial charge in [0.15, 0.2) is 5.78 Å². The molecule has 108 valence electrons. The van der Waals surface area contributed by atoms with E-state index in [1.807, 2.05) is 0 Å². The minimum Gasteiger partial charge on any atom is -0.497 e. The van der Waals surface area contributed by atoms with Crippen molar-refractivity contribution in [2.75, 3.05) is 14.2 Å². The zero-order valence-corrected chi connectivity index (χ0v) is 11.9. The van der Waals surface area contributed by atoms with Crippen molar-refractivity contribution in [3.8, 4) is 11.5 Å². The van der Waals surface area contributed by atoms with Crippen molar-refractivity contribution in [1.29, 1.82) is 0 Å². The van der Waals surface area contributed by atoms with Crippen LogP contribution in [0.25, 0.3) is 0 Å². The van der Waals surface area contributed by atoms with Crippen molar-refractivity contribution < 1.29 is 18.7 Å².